The molecule has 2 aromatic rings. The van der Waals surface area contributed by atoms with Gasteiger partial charge in [0, 0.05) is 23.3 Å². The lowest BCUT2D eigenvalue weighted by molar-refractivity contribution is 0.781. The Morgan fingerprint density at radius 2 is 2.33 bits per heavy atom. The number of pyridine rings is 1. The fourth-order valence-electron chi connectivity index (χ4n) is 1.40. The molecule has 0 unspecified atom stereocenters. The Morgan fingerprint density at radius 1 is 1.40 bits per heavy atom. The molecular formula is C12H14N2S. The molecule has 0 bridgehead atoms. The van der Waals surface area contributed by atoms with E-state index < -0.39 is 0 Å². The summed E-state index contributed by atoms with van der Waals surface area (Å²) in [6.45, 7) is 2.20. The summed E-state index contributed by atoms with van der Waals surface area (Å²) in [4.78, 5) is 8.70. The standard InChI is InChI=1S/C12H14N2S/c1-2-3-6-11-9-15-12(14-11)10-5-4-7-13-8-10/h4-5,7-9H,2-3,6H2,1H3. The number of aromatic nitrogens is 2. The summed E-state index contributed by atoms with van der Waals surface area (Å²) in [5.41, 5.74) is 2.32. The van der Waals surface area contributed by atoms with E-state index in [-0.39, 0.29) is 0 Å². The van der Waals surface area contributed by atoms with Gasteiger partial charge >= 0.3 is 0 Å². The van der Waals surface area contributed by atoms with Gasteiger partial charge in [-0.15, -0.1) is 11.3 Å². The van der Waals surface area contributed by atoms with Crippen molar-refractivity contribution >= 4 is 11.3 Å². The van der Waals surface area contributed by atoms with Crippen molar-refractivity contribution in [1.29, 1.82) is 0 Å². The van der Waals surface area contributed by atoms with Crippen LogP contribution < -0.4 is 0 Å². The summed E-state index contributed by atoms with van der Waals surface area (Å²) in [5.74, 6) is 0. The van der Waals surface area contributed by atoms with Crippen molar-refractivity contribution in [2.75, 3.05) is 0 Å². The van der Waals surface area contributed by atoms with Crippen molar-refractivity contribution in [3.05, 3.63) is 35.6 Å². The van der Waals surface area contributed by atoms with Crippen LogP contribution in [0.4, 0.5) is 0 Å². The van der Waals surface area contributed by atoms with Crippen molar-refractivity contribution < 1.29 is 0 Å². The van der Waals surface area contributed by atoms with Crippen LogP contribution >= 0.6 is 11.3 Å². The highest BCUT2D eigenvalue weighted by atomic mass is 32.1. The molecular weight excluding hydrogens is 204 g/mol. The lowest BCUT2D eigenvalue weighted by Crippen LogP contribution is -1.85. The maximum absolute atomic E-state index is 4.60. The molecule has 2 nitrogen and oxygen atoms in total. The van der Waals surface area contributed by atoms with Crippen LogP contribution in [0.3, 0.4) is 0 Å². The Labute approximate surface area is 94.0 Å². The van der Waals surface area contributed by atoms with Gasteiger partial charge in [0.15, 0.2) is 0 Å². The minimum absolute atomic E-state index is 1.08. The molecule has 0 aliphatic heterocycles. The monoisotopic (exact) mass is 218 g/mol. The zero-order valence-corrected chi connectivity index (χ0v) is 9.63. The molecule has 0 N–H and O–H groups in total. The van der Waals surface area contributed by atoms with Gasteiger partial charge in [0.05, 0.1) is 5.69 Å². The summed E-state index contributed by atoms with van der Waals surface area (Å²) in [5, 5.41) is 3.23. The molecule has 0 atom stereocenters. The van der Waals surface area contributed by atoms with E-state index in [1.54, 1.807) is 17.5 Å². The highest BCUT2D eigenvalue weighted by molar-refractivity contribution is 7.13. The Kier molecular flexibility index (Phi) is 3.45. The fourth-order valence-corrected chi connectivity index (χ4v) is 2.25. The molecule has 0 aliphatic rings. The van der Waals surface area contributed by atoms with Gasteiger partial charge in [-0.2, -0.15) is 0 Å². The molecule has 0 saturated carbocycles. The molecule has 2 heterocycles. The molecule has 0 spiro atoms. The number of nitrogens with zero attached hydrogens (tertiary/aromatic N) is 2. The predicted molar refractivity (Wildman–Crippen MR) is 64.0 cm³/mol. The van der Waals surface area contributed by atoms with Crippen LogP contribution in [-0.2, 0) is 6.42 Å². The molecule has 0 aromatic carbocycles. The smallest absolute Gasteiger partial charge is 0.125 e. The molecule has 0 saturated heterocycles. The average Bonchev–Trinajstić information content (AvgIpc) is 2.76. The van der Waals surface area contributed by atoms with Crippen LogP contribution in [0.5, 0.6) is 0 Å². The van der Waals surface area contributed by atoms with E-state index in [1.165, 1.54) is 18.5 Å². The van der Waals surface area contributed by atoms with Gasteiger partial charge < -0.3 is 0 Å². The van der Waals surface area contributed by atoms with Crippen LogP contribution in [0.1, 0.15) is 25.5 Å². The summed E-state index contributed by atoms with van der Waals surface area (Å²) in [6.07, 6.45) is 7.18. The normalized spacial score (nSPS) is 10.5. The molecule has 3 heteroatoms. The number of hydrogen-bond acceptors (Lipinski definition) is 3. The third-order valence-corrected chi connectivity index (χ3v) is 3.19. The second kappa shape index (κ2) is 5.03. The van der Waals surface area contributed by atoms with Crippen molar-refractivity contribution in [2.24, 2.45) is 0 Å². The maximum Gasteiger partial charge on any atom is 0.125 e. The Bertz CT molecular complexity index is 409. The van der Waals surface area contributed by atoms with Crippen molar-refractivity contribution in [1.82, 2.24) is 9.97 Å². The molecule has 0 amide bonds. The Morgan fingerprint density at radius 3 is 3.07 bits per heavy atom. The number of aryl methyl sites for hydroxylation is 1. The molecule has 2 rings (SSSR count). The van der Waals surface area contributed by atoms with Gasteiger partial charge in [0.1, 0.15) is 5.01 Å². The lowest BCUT2D eigenvalue weighted by Gasteiger charge is -1.94. The Hall–Kier alpha value is -1.22. The van der Waals surface area contributed by atoms with Gasteiger partial charge in [-0.3, -0.25) is 4.98 Å². The SMILES string of the molecule is CCCCc1csc(-c2cccnc2)n1. The first-order chi connectivity index (χ1) is 7.40. The quantitative estimate of drug-likeness (QED) is 0.784. The van der Waals surface area contributed by atoms with Gasteiger partial charge in [-0.1, -0.05) is 13.3 Å². The third-order valence-electron chi connectivity index (χ3n) is 2.25. The van der Waals surface area contributed by atoms with E-state index in [1.807, 2.05) is 12.3 Å². The number of hydrogen-bond donors (Lipinski definition) is 0. The number of unbranched alkanes of at least 4 members (excludes halogenated alkanes) is 1. The molecule has 15 heavy (non-hydrogen) atoms. The summed E-state index contributed by atoms with van der Waals surface area (Å²) in [7, 11) is 0. The average molecular weight is 218 g/mol. The summed E-state index contributed by atoms with van der Waals surface area (Å²) < 4.78 is 0. The first-order valence-electron chi connectivity index (χ1n) is 5.25. The molecule has 0 aliphatic carbocycles. The fraction of sp³-hybridized carbons (Fsp3) is 0.333. The minimum Gasteiger partial charge on any atom is -0.264 e. The number of thiazole rings is 1. The minimum atomic E-state index is 1.08. The van der Waals surface area contributed by atoms with Gasteiger partial charge in [0.2, 0.25) is 0 Å². The van der Waals surface area contributed by atoms with Crippen LogP contribution in [0.2, 0.25) is 0 Å². The predicted octanol–water partition coefficient (Wildman–Crippen LogP) is 3.55. The third kappa shape index (κ3) is 2.63. The maximum atomic E-state index is 4.60. The van der Waals surface area contributed by atoms with Crippen LogP contribution in [0, 0.1) is 0 Å². The zero-order chi connectivity index (χ0) is 10.5. The molecule has 0 fully saturated rings. The molecule has 0 radical (unpaired) electrons. The second-order valence-corrected chi connectivity index (χ2v) is 4.35. The van der Waals surface area contributed by atoms with E-state index in [0.717, 1.165) is 17.0 Å². The number of rotatable bonds is 4. The van der Waals surface area contributed by atoms with Crippen molar-refractivity contribution in [2.45, 2.75) is 26.2 Å². The highest BCUT2D eigenvalue weighted by Crippen LogP contribution is 2.23. The topological polar surface area (TPSA) is 25.8 Å². The van der Waals surface area contributed by atoms with Crippen LogP contribution in [-0.4, -0.2) is 9.97 Å². The van der Waals surface area contributed by atoms with E-state index in [0.29, 0.717) is 0 Å². The van der Waals surface area contributed by atoms with Gasteiger partial charge in [0.25, 0.3) is 0 Å². The first kappa shape index (κ1) is 10.3. The summed E-state index contributed by atoms with van der Waals surface area (Å²) in [6, 6.07) is 4.00. The van der Waals surface area contributed by atoms with Crippen LogP contribution in [0.25, 0.3) is 10.6 Å². The van der Waals surface area contributed by atoms with E-state index in [2.05, 4.69) is 28.3 Å². The highest BCUT2D eigenvalue weighted by Gasteiger charge is 2.03. The second-order valence-electron chi connectivity index (χ2n) is 3.49. The van der Waals surface area contributed by atoms with Gasteiger partial charge in [-0.05, 0) is 25.0 Å². The van der Waals surface area contributed by atoms with Crippen molar-refractivity contribution in [3.8, 4) is 10.6 Å². The summed E-state index contributed by atoms with van der Waals surface area (Å²) >= 11 is 1.70. The van der Waals surface area contributed by atoms with Gasteiger partial charge in [-0.25, -0.2) is 4.98 Å². The first-order valence-corrected chi connectivity index (χ1v) is 6.13. The van der Waals surface area contributed by atoms with Crippen LogP contribution in [0.15, 0.2) is 29.9 Å². The largest absolute Gasteiger partial charge is 0.264 e. The molecule has 78 valence electrons. The lowest BCUT2D eigenvalue weighted by atomic mass is 10.2. The van der Waals surface area contributed by atoms with E-state index in [4.69, 9.17) is 0 Å². The molecule has 2 aromatic heterocycles. The van der Waals surface area contributed by atoms with Crippen molar-refractivity contribution in [3.63, 3.8) is 0 Å². The van der Waals surface area contributed by atoms with E-state index >= 15 is 0 Å². The zero-order valence-electron chi connectivity index (χ0n) is 8.81. The van der Waals surface area contributed by atoms with E-state index in [9.17, 15) is 0 Å². The Balaban J connectivity index is 2.14.